The second-order valence-electron chi connectivity index (χ2n) is 8.65. The van der Waals surface area contributed by atoms with Crippen molar-refractivity contribution in [2.75, 3.05) is 20.8 Å². The molecule has 0 unspecified atom stereocenters. The molecule has 8 heteroatoms. The van der Waals surface area contributed by atoms with Crippen LogP contribution in [0.25, 0.3) is 0 Å². The van der Waals surface area contributed by atoms with Gasteiger partial charge in [0, 0.05) is 34.7 Å². The minimum atomic E-state index is -0.482. The van der Waals surface area contributed by atoms with Crippen LogP contribution in [-0.2, 0) is 16.0 Å². The highest BCUT2D eigenvalue weighted by atomic mass is 19.1. The molecule has 0 saturated heterocycles. The molecule has 0 amide bonds. The van der Waals surface area contributed by atoms with Crippen LogP contribution >= 0.6 is 0 Å². The van der Waals surface area contributed by atoms with Crippen LogP contribution in [0, 0.1) is 17.1 Å². The number of fused-ring (bicyclic) bond motifs is 2. The van der Waals surface area contributed by atoms with Crippen molar-refractivity contribution in [1.29, 1.82) is 5.26 Å². The van der Waals surface area contributed by atoms with Gasteiger partial charge in [-0.2, -0.15) is 5.26 Å². The van der Waals surface area contributed by atoms with Crippen molar-refractivity contribution in [1.82, 2.24) is 0 Å². The van der Waals surface area contributed by atoms with Gasteiger partial charge in [0.25, 0.3) is 0 Å². The molecular formula is C28H24FNO6. The molecule has 0 fully saturated rings. The molecule has 5 rings (SSSR count). The lowest BCUT2D eigenvalue weighted by Crippen LogP contribution is -2.09. The van der Waals surface area contributed by atoms with E-state index in [0.29, 0.717) is 59.3 Å². The van der Waals surface area contributed by atoms with Crippen LogP contribution in [0.2, 0.25) is 0 Å². The number of benzene rings is 3. The second kappa shape index (κ2) is 9.78. The van der Waals surface area contributed by atoms with Crippen LogP contribution in [0.5, 0.6) is 28.7 Å². The van der Waals surface area contributed by atoms with Gasteiger partial charge in [-0.1, -0.05) is 6.07 Å². The summed E-state index contributed by atoms with van der Waals surface area (Å²) in [5, 5.41) is 9.19. The normalized spacial score (nSPS) is 17.4. The van der Waals surface area contributed by atoms with Gasteiger partial charge < -0.3 is 23.7 Å². The summed E-state index contributed by atoms with van der Waals surface area (Å²) in [4.78, 5) is 11.7. The standard InChI is InChI=1S/C28H24FNO6/c1-32-25-12-18(4-3-16(25)14-30)35-23-10-8-22(29)28-21(23)7-9-24(28)36-19-5-6-20-17(11-27(31)33-2)15-34-26(20)13-19/h3-6,8,10,12-13,17,24H,7,9,11,15H2,1-2H3/t17-,24-/m1/s1. The molecule has 7 nitrogen and oxygen atoms in total. The van der Waals surface area contributed by atoms with Gasteiger partial charge in [0.1, 0.15) is 46.7 Å². The van der Waals surface area contributed by atoms with Gasteiger partial charge in [0.2, 0.25) is 0 Å². The average molecular weight is 489 g/mol. The molecule has 3 aromatic carbocycles. The Balaban J connectivity index is 1.36. The van der Waals surface area contributed by atoms with E-state index in [1.807, 2.05) is 12.1 Å². The van der Waals surface area contributed by atoms with Crippen LogP contribution in [0.4, 0.5) is 4.39 Å². The smallest absolute Gasteiger partial charge is 0.306 e. The number of hydrogen-bond acceptors (Lipinski definition) is 7. The predicted molar refractivity (Wildman–Crippen MR) is 127 cm³/mol. The lowest BCUT2D eigenvalue weighted by atomic mass is 9.98. The van der Waals surface area contributed by atoms with Gasteiger partial charge in [0.05, 0.1) is 32.8 Å². The monoisotopic (exact) mass is 489 g/mol. The maximum absolute atomic E-state index is 14.9. The third-order valence-electron chi connectivity index (χ3n) is 6.54. The van der Waals surface area contributed by atoms with E-state index in [-0.39, 0.29) is 24.1 Å². The van der Waals surface area contributed by atoms with Gasteiger partial charge in [-0.3, -0.25) is 4.79 Å². The molecule has 0 spiro atoms. The van der Waals surface area contributed by atoms with E-state index in [1.165, 1.54) is 20.3 Å². The highest BCUT2D eigenvalue weighted by Gasteiger charge is 2.32. The zero-order valence-electron chi connectivity index (χ0n) is 19.9. The predicted octanol–water partition coefficient (Wildman–Crippen LogP) is 5.60. The quantitative estimate of drug-likeness (QED) is 0.399. The first-order valence-electron chi connectivity index (χ1n) is 11.6. The fraction of sp³-hybridized carbons (Fsp3) is 0.286. The fourth-order valence-corrected chi connectivity index (χ4v) is 4.76. The molecule has 1 aliphatic heterocycles. The van der Waals surface area contributed by atoms with Crippen molar-refractivity contribution in [2.45, 2.75) is 31.3 Å². The molecule has 3 aromatic rings. The Morgan fingerprint density at radius 3 is 2.72 bits per heavy atom. The summed E-state index contributed by atoms with van der Waals surface area (Å²) >= 11 is 0. The molecule has 2 aliphatic rings. The Morgan fingerprint density at radius 2 is 1.94 bits per heavy atom. The number of methoxy groups -OCH3 is 2. The van der Waals surface area contributed by atoms with E-state index >= 15 is 0 Å². The van der Waals surface area contributed by atoms with Gasteiger partial charge >= 0.3 is 5.97 Å². The molecule has 0 bridgehead atoms. The number of carbonyl (C=O) groups excluding carboxylic acids is 1. The molecule has 0 aromatic heterocycles. The third kappa shape index (κ3) is 4.40. The van der Waals surface area contributed by atoms with Gasteiger partial charge in [-0.25, -0.2) is 4.39 Å². The van der Waals surface area contributed by atoms with Crippen molar-refractivity contribution < 1.29 is 32.9 Å². The maximum atomic E-state index is 14.9. The minimum absolute atomic E-state index is 0.0632. The van der Waals surface area contributed by atoms with E-state index in [0.717, 1.165) is 11.1 Å². The number of carbonyl (C=O) groups is 1. The molecule has 184 valence electrons. The van der Waals surface area contributed by atoms with E-state index < -0.39 is 6.10 Å². The highest BCUT2D eigenvalue weighted by molar-refractivity contribution is 5.71. The summed E-state index contributed by atoms with van der Waals surface area (Å²) in [6.07, 6.45) is 0.943. The molecule has 0 saturated carbocycles. The molecule has 0 N–H and O–H groups in total. The highest BCUT2D eigenvalue weighted by Crippen LogP contribution is 2.44. The average Bonchev–Trinajstić information content (AvgIpc) is 3.50. The summed E-state index contributed by atoms with van der Waals surface area (Å²) in [6, 6.07) is 15.5. The van der Waals surface area contributed by atoms with Crippen LogP contribution in [-0.4, -0.2) is 26.8 Å². The maximum Gasteiger partial charge on any atom is 0.306 e. The SMILES string of the molecule is COC(=O)C[C@@H]1COc2cc(O[C@@H]3CCc4c(Oc5ccc(C#N)c(OC)c5)ccc(F)c43)ccc21. The summed E-state index contributed by atoms with van der Waals surface area (Å²) in [7, 11) is 2.85. The zero-order chi connectivity index (χ0) is 25.2. The summed E-state index contributed by atoms with van der Waals surface area (Å²) < 4.78 is 43.0. The Morgan fingerprint density at radius 1 is 1.11 bits per heavy atom. The Kier molecular flexibility index (Phi) is 6.38. The first-order valence-corrected chi connectivity index (χ1v) is 11.6. The summed E-state index contributed by atoms with van der Waals surface area (Å²) in [5.74, 6) is 1.95. The Bertz CT molecular complexity index is 1360. The van der Waals surface area contributed by atoms with Crippen molar-refractivity contribution in [2.24, 2.45) is 0 Å². The number of halogens is 1. The van der Waals surface area contributed by atoms with E-state index in [9.17, 15) is 14.4 Å². The van der Waals surface area contributed by atoms with Crippen LogP contribution in [0.1, 0.15) is 47.1 Å². The zero-order valence-corrected chi connectivity index (χ0v) is 19.9. The number of hydrogen-bond donors (Lipinski definition) is 0. The van der Waals surface area contributed by atoms with Crippen LogP contribution < -0.4 is 18.9 Å². The number of nitrogens with zero attached hydrogens (tertiary/aromatic N) is 1. The molecule has 36 heavy (non-hydrogen) atoms. The van der Waals surface area contributed by atoms with Crippen molar-refractivity contribution in [3.63, 3.8) is 0 Å². The van der Waals surface area contributed by atoms with Crippen molar-refractivity contribution >= 4 is 5.97 Å². The van der Waals surface area contributed by atoms with Crippen molar-refractivity contribution in [3.8, 4) is 34.8 Å². The van der Waals surface area contributed by atoms with E-state index in [4.69, 9.17) is 23.7 Å². The Hall–Kier alpha value is -4.25. The Labute approximate surface area is 207 Å². The molecule has 1 aliphatic carbocycles. The number of ether oxygens (including phenoxy) is 5. The summed E-state index contributed by atoms with van der Waals surface area (Å²) in [5.41, 5.74) is 2.55. The van der Waals surface area contributed by atoms with Gasteiger partial charge in [-0.15, -0.1) is 0 Å². The molecule has 0 radical (unpaired) electrons. The fourth-order valence-electron chi connectivity index (χ4n) is 4.76. The number of esters is 1. The molecule has 1 heterocycles. The second-order valence-corrected chi connectivity index (χ2v) is 8.65. The number of rotatable bonds is 7. The minimum Gasteiger partial charge on any atom is -0.495 e. The molecule has 2 atom stereocenters. The van der Waals surface area contributed by atoms with Crippen LogP contribution in [0.15, 0.2) is 48.5 Å². The van der Waals surface area contributed by atoms with E-state index in [1.54, 1.807) is 30.3 Å². The largest absolute Gasteiger partial charge is 0.495 e. The number of nitriles is 1. The first-order chi connectivity index (χ1) is 17.5. The van der Waals surface area contributed by atoms with Crippen molar-refractivity contribution in [3.05, 3.63) is 76.6 Å². The first kappa shape index (κ1) is 23.5. The van der Waals surface area contributed by atoms with Gasteiger partial charge in [-0.05, 0) is 43.2 Å². The lowest BCUT2D eigenvalue weighted by Gasteiger charge is -2.17. The third-order valence-corrected chi connectivity index (χ3v) is 6.54. The molecular weight excluding hydrogens is 465 g/mol. The van der Waals surface area contributed by atoms with E-state index in [2.05, 4.69) is 6.07 Å². The van der Waals surface area contributed by atoms with Crippen LogP contribution in [0.3, 0.4) is 0 Å². The topological polar surface area (TPSA) is 87.0 Å². The van der Waals surface area contributed by atoms with Gasteiger partial charge in [0.15, 0.2) is 0 Å². The summed E-state index contributed by atoms with van der Waals surface area (Å²) in [6.45, 7) is 0.398. The lowest BCUT2D eigenvalue weighted by molar-refractivity contribution is -0.141.